The molecule has 0 radical (unpaired) electrons. The average molecular weight is 330 g/mol. The first-order valence-corrected chi connectivity index (χ1v) is 8.35. The molecule has 0 spiro atoms. The topological polar surface area (TPSA) is 60.5 Å². The van der Waals surface area contributed by atoms with Gasteiger partial charge in [0.2, 0.25) is 0 Å². The Bertz CT molecular complexity index is 351. The molecular formula is C16H30N2O5. The number of ether oxygens (including phenoxy) is 4. The summed E-state index contributed by atoms with van der Waals surface area (Å²) in [6.07, 6.45) is 3.71. The van der Waals surface area contributed by atoms with Gasteiger partial charge in [-0.15, -0.1) is 0 Å². The first-order chi connectivity index (χ1) is 11.2. The van der Waals surface area contributed by atoms with E-state index in [2.05, 4.69) is 0 Å². The highest BCUT2D eigenvalue weighted by Gasteiger charge is 2.28. The molecule has 1 unspecified atom stereocenters. The average Bonchev–Trinajstić information content (AvgIpc) is 2.93. The molecule has 0 aromatic heterocycles. The lowest BCUT2D eigenvalue weighted by atomic mass is 10.4. The zero-order valence-corrected chi connectivity index (χ0v) is 14.5. The molecule has 1 rings (SSSR count). The summed E-state index contributed by atoms with van der Waals surface area (Å²) in [5.41, 5.74) is 0. The predicted molar refractivity (Wildman–Crippen MR) is 86.5 cm³/mol. The van der Waals surface area contributed by atoms with Crippen LogP contribution in [-0.2, 0) is 23.7 Å². The lowest BCUT2D eigenvalue weighted by molar-refractivity contribution is -0.170. The van der Waals surface area contributed by atoms with Crippen molar-refractivity contribution in [3.63, 3.8) is 0 Å². The number of hydrogen-bond donors (Lipinski definition) is 0. The van der Waals surface area contributed by atoms with Gasteiger partial charge in [-0.1, -0.05) is 0 Å². The number of nitrogens with zero attached hydrogens (tertiary/aromatic N) is 2. The molecule has 0 saturated heterocycles. The SMILES string of the molecule is CCOCCOCCC(=O)OC1N(CC)C=CN1CCOCC. The molecule has 0 amide bonds. The van der Waals surface area contributed by atoms with Crippen LogP contribution in [0.1, 0.15) is 27.2 Å². The number of carbonyl (C=O) groups excluding carboxylic acids is 1. The smallest absolute Gasteiger partial charge is 0.311 e. The fourth-order valence-corrected chi connectivity index (χ4v) is 2.10. The highest BCUT2D eigenvalue weighted by molar-refractivity contribution is 5.69. The Balaban J connectivity index is 2.28. The maximum absolute atomic E-state index is 12.0. The predicted octanol–water partition coefficient (Wildman–Crippen LogP) is 1.40. The molecule has 0 aromatic rings. The van der Waals surface area contributed by atoms with Crippen LogP contribution in [0.3, 0.4) is 0 Å². The summed E-state index contributed by atoms with van der Waals surface area (Å²) < 4.78 is 21.4. The van der Waals surface area contributed by atoms with Crippen LogP contribution in [0.25, 0.3) is 0 Å². The van der Waals surface area contributed by atoms with Crippen LogP contribution in [0.2, 0.25) is 0 Å². The second-order valence-corrected chi connectivity index (χ2v) is 4.94. The Morgan fingerprint density at radius 1 is 0.913 bits per heavy atom. The summed E-state index contributed by atoms with van der Waals surface area (Å²) in [6, 6.07) is 0. The molecular weight excluding hydrogens is 300 g/mol. The van der Waals surface area contributed by atoms with Crippen molar-refractivity contribution >= 4 is 5.97 Å². The molecule has 0 saturated carbocycles. The summed E-state index contributed by atoms with van der Waals surface area (Å²) in [6.45, 7) is 10.7. The molecule has 0 bridgehead atoms. The normalized spacial score (nSPS) is 17.1. The van der Waals surface area contributed by atoms with Crippen LogP contribution in [0.5, 0.6) is 0 Å². The van der Waals surface area contributed by atoms with Crippen LogP contribution >= 0.6 is 0 Å². The monoisotopic (exact) mass is 330 g/mol. The molecule has 1 aliphatic rings. The van der Waals surface area contributed by atoms with Gasteiger partial charge in [0.05, 0.1) is 32.8 Å². The van der Waals surface area contributed by atoms with Crippen LogP contribution in [0.15, 0.2) is 12.4 Å². The third-order valence-corrected chi connectivity index (χ3v) is 3.34. The molecule has 0 fully saturated rings. The van der Waals surface area contributed by atoms with Crippen molar-refractivity contribution in [2.75, 3.05) is 52.7 Å². The van der Waals surface area contributed by atoms with Crippen molar-refractivity contribution in [2.24, 2.45) is 0 Å². The van der Waals surface area contributed by atoms with Gasteiger partial charge in [-0.3, -0.25) is 4.79 Å². The molecule has 1 heterocycles. The zero-order chi connectivity index (χ0) is 16.9. The highest BCUT2D eigenvalue weighted by atomic mass is 16.6. The molecule has 7 heteroatoms. The van der Waals surface area contributed by atoms with E-state index < -0.39 is 6.35 Å². The maximum Gasteiger partial charge on any atom is 0.311 e. The van der Waals surface area contributed by atoms with Gasteiger partial charge >= 0.3 is 5.97 Å². The number of carbonyl (C=O) groups is 1. The van der Waals surface area contributed by atoms with Gasteiger partial charge in [-0.25, -0.2) is 0 Å². The van der Waals surface area contributed by atoms with Gasteiger partial charge in [0.15, 0.2) is 0 Å². The van der Waals surface area contributed by atoms with Gasteiger partial charge in [0.25, 0.3) is 6.35 Å². The summed E-state index contributed by atoms with van der Waals surface area (Å²) in [5, 5.41) is 0. The summed E-state index contributed by atoms with van der Waals surface area (Å²) >= 11 is 0. The van der Waals surface area contributed by atoms with E-state index in [-0.39, 0.29) is 12.4 Å². The van der Waals surface area contributed by atoms with E-state index in [1.54, 1.807) is 0 Å². The van der Waals surface area contributed by atoms with Gasteiger partial charge in [-0.2, -0.15) is 0 Å². The zero-order valence-electron chi connectivity index (χ0n) is 14.5. The van der Waals surface area contributed by atoms with Crippen LogP contribution in [0.4, 0.5) is 0 Å². The quantitative estimate of drug-likeness (QED) is 0.374. The Morgan fingerprint density at radius 2 is 1.57 bits per heavy atom. The van der Waals surface area contributed by atoms with E-state index in [0.29, 0.717) is 46.2 Å². The van der Waals surface area contributed by atoms with Crippen molar-refractivity contribution in [1.29, 1.82) is 0 Å². The van der Waals surface area contributed by atoms with Gasteiger partial charge < -0.3 is 28.7 Å². The first-order valence-electron chi connectivity index (χ1n) is 8.35. The van der Waals surface area contributed by atoms with Crippen molar-refractivity contribution in [2.45, 2.75) is 33.5 Å². The Hall–Kier alpha value is -1.31. The van der Waals surface area contributed by atoms with Crippen molar-refractivity contribution in [3.8, 4) is 0 Å². The molecule has 0 aromatic carbocycles. The van der Waals surface area contributed by atoms with Crippen LogP contribution in [0, 0.1) is 0 Å². The molecule has 134 valence electrons. The number of esters is 1. The maximum atomic E-state index is 12.0. The van der Waals surface area contributed by atoms with Gasteiger partial charge in [0.1, 0.15) is 0 Å². The molecule has 23 heavy (non-hydrogen) atoms. The van der Waals surface area contributed by atoms with E-state index in [1.807, 2.05) is 43.0 Å². The van der Waals surface area contributed by atoms with Gasteiger partial charge in [-0.05, 0) is 20.8 Å². The van der Waals surface area contributed by atoms with Crippen LogP contribution < -0.4 is 0 Å². The third-order valence-electron chi connectivity index (χ3n) is 3.34. The van der Waals surface area contributed by atoms with E-state index >= 15 is 0 Å². The van der Waals surface area contributed by atoms with E-state index in [4.69, 9.17) is 18.9 Å². The summed E-state index contributed by atoms with van der Waals surface area (Å²) in [4.78, 5) is 15.9. The second kappa shape index (κ2) is 12.2. The lowest BCUT2D eigenvalue weighted by Crippen LogP contribution is -2.43. The minimum Gasteiger partial charge on any atom is -0.422 e. The molecule has 0 N–H and O–H groups in total. The van der Waals surface area contributed by atoms with Crippen molar-refractivity contribution < 1.29 is 23.7 Å². The summed E-state index contributed by atoms with van der Waals surface area (Å²) in [7, 11) is 0. The van der Waals surface area contributed by atoms with E-state index in [9.17, 15) is 4.79 Å². The fraction of sp³-hybridized carbons (Fsp3) is 0.812. The van der Waals surface area contributed by atoms with Crippen molar-refractivity contribution in [3.05, 3.63) is 12.4 Å². The fourth-order valence-electron chi connectivity index (χ4n) is 2.10. The molecule has 1 aliphatic heterocycles. The van der Waals surface area contributed by atoms with Crippen molar-refractivity contribution in [1.82, 2.24) is 9.80 Å². The van der Waals surface area contributed by atoms with E-state index in [1.165, 1.54) is 0 Å². The van der Waals surface area contributed by atoms with E-state index in [0.717, 1.165) is 6.54 Å². The number of rotatable bonds is 13. The summed E-state index contributed by atoms with van der Waals surface area (Å²) in [5.74, 6) is -0.269. The third kappa shape index (κ3) is 7.67. The number of hydrogen-bond acceptors (Lipinski definition) is 7. The van der Waals surface area contributed by atoms with Crippen LogP contribution in [-0.4, -0.2) is 74.9 Å². The highest BCUT2D eigenvalue weighted by Crippen LogP contribution is 2.17. The Labute approximate surface area is 139 Å². The first kappa shape index (κ1) is 19.7. The minimum atomic E-state index is -0.392. The minimum absolute atomic E-state index is 0.236. The standard InChI is InChI=1S/C16H30N2O5/c1-4-17-8-9-18(10-12-20-5-2)16(17)23-15(19)7-11-22-14-13-21-6-3/h8-9,16H,4-7,10-14H2,1-3H3. The largest absolute Gasteiger partial charge is 0.422 e. The Kier molecular flexibility index (Phi) is 10.4. The molecule has 7 nitrogen and oxygen atoms in total. The molecule has 1 atom stereocenters. The Morgan fingerprint density at radius 3 is 2.26 bits per heavy atom. The second-order valence-electron chi connectivity index (χ2n) is 4.94. The van der Waals surface area contributed by atoms with Gasteiger partial charge in [0, 0.05) is 38.7 Å². The molecule has 0 aliphatic carbocycles. The lowest BCUT2D eigenvalue weighted by Gasteiger charge is -2.31.